The smallest absolute Gasteiger partial charge is 0.343 e. The molecule has 2 saturated heterocycles. The number of nitrogens with zero attached hydrogens (tertiary/aromatic N) is 1. The van der Waals surface area contributed by atoms with E-state index in [9.17, 15) is 9.59 Å². The van der Waals surface area contributed by atoms with E-state index < -0.39 is 5.97 Å². The molecule has 5 aromatic carbocycles. The normalized spacial score (nSPS) is 16.6. The quantitative estimate of drug-likeness (QED) is 0.0783. The Kier molecular flexibility index (Phi) is 8.55. The van der Waals surface area contributed by atoms with Gasteiger partial charge < -0.3 is 28.6 Å². The molecular weight excluding hydrogens is 582 g/mol. The van der Waals surface area contributed by atoms with Crippen LogP contribution < -0.4 is 19.1 Å². The molecule has 0 aliphatic carbocycles. The minimum atomic E-state index is -0.473. The molecule has 8 nitrogen and oxygen atoms in total. The topological polar surface area (TPSA) is 90.1 Å². The van der Waals surface area contributed by atoms with Crippen LogP contribution in [0.1, 0.15) is 40.5 Å². The molecule has 234 valence electrons. The number of amides is 1. The zero-order valence-electron chi connectivity index (χ0n) is 25.6. The number of rotatable bonds is 13. The highest BCUT2D eigenvalue weighted by atomic mass is 16.6. The number of carbonyl (C=O) groups excluding carboxylic acids is 2. The number of benzene rings is 5. The second-order valence-corrected chi connectivity index (χ2v) is 11.7. The number of carbonyl (C=O) groups is 2. The van der Waals surface area contributed by atoms with Gasteiger partial charge in [0.25, 0.3) is 5.91 Å². The summed E-state index contributed by atoms with van der Waals surface area (Å²) < 4.78 is 27.8. The molecule has 8 heteroatoms. The van der Waals surface area contributed by atoms with Gasteiger partial charge in [0, 0.05) is 23.9 Å². The molecule has 0 bridgehead atoms. The lowest BCUT2D eigenvalue weighted by Gasteiger charge is -2.23. The van der Waals surface area contributed by atoms with Crippen LogP contribution in [0.4, 0.5) is 5.69 Å². The maximum absolute atomic E-state index is 13.9. The Hall–Kier alpha value is -4.92. The van der Waals surface area contributed by atoms with Gasteiger partial charge in [-0.25, -0.2) is 4.79 Å². The summed E-state index contributed by atoms with van der Waals surface area (Å²) in [4.78, 5) is 28.8. The third-order valence-corrected chi connectivity index (χ3v) is 8.10. The Morgan fingerprint density at radius 2 is 1.26 bits per heavy atom. The number of hydrogen-bond donors (Lipinski definition) is 0. The minimum absolute atomic E-state index is 0.118. The van der Waals surface area contributed by atoms with E-state index in [0.717, 1.165) is 59.1 Å². The Morgan fingerprint density at radius 3 is 1.87 bits per heavy atom. The second kappa shape index (κ2) is 13.2. The first-order chi connectivity index (χ1) is 22.5. The van der Waals surface area contributed by atoms with Gasteiger partial charge in [0.1, 0.15) is 42.7 Å². The molecule has 0 aromatic heterocycles. The number of esters is 1. The van der Waals surface area contributed by atoms with Gasteiger partial charge >= 0.3 is 5.97 Å². The third kappa shape index (κ3) is 7.14. The summed E-state index contributed by atoms with van der Waals surface area (Å²) >= 11 is 0. The van der Waals surface area contributed by atoms with E-state index >= 15 is 0 Å². The van der Waals surface area contributed by atoms with Crippen molar-refractivity contribution in [3.05, 3.63) is 108 Å². The first-order valence-corrected chi connectivity index (χ1v) is 15.7. The molecule has 7 rings (SSSR count). The number of hydrogen-bond acceptors (Lipinski definition) is 7. The molecule has 46 heavy (non-hydrogen) atoms. The van der Waals surface area contributed by atoms with Crippen molar-refractivity contribution in [2.75, 3.05) is 37.9 Å². The zero-order valence-corrected chi connectivity index (χ0v) is 25.6. The number of epoxide rings is 2. The average Bonchev–Trinajstić information content (AvgIpc) is 4.02. The summed E-state index contributed by atoms with van der Waals surface area (Å²) in [6, 6.07) is 29.9. The van der Waals surface area contributed by atoms with Crippen LogP contribution in [0.3, 0.4) is 0 Å². The largest absolute Gasteiger partial charge is 0.491 e. The molecule has 1 amide bonds. The number of fused-ring (bicyclic) bond motifs is 2. The maximum atomic E-state index is 13.9. The Bertz CT molecular complexity index is 1900. The Morgan fingerprint density at radius 1 is 0.696 bits per heavy atom. The lowest BCUT2D eigenvalue weighted by Crippen LogP contribution is -2.32. The van der Waals surface area contributed by atoms with E-state index in [2.05, 4.69) is 6.92 Å². The van der Waals surface area contributed by atoms with Crippen molar-refractivity contribution in [1.82, 2.24) is 0 Å². The molecule has 2 heterocycles. The predicted octanol–water partition coefficient (Wildman–Crippen LogP) is 7.21. The Labute approximate surface area is 267 Å². The lowest BCUT2D eigenvalue weighted by atomic mass is 10.1. The molecule has 0 saturated carbocycles. The van der Waals surface area contributed by atoms with Crippen LogP contribution in [0.5, 0.6) is 17.2 Å². The van der Waals surface area contributed by atoms with Gasteiger partial charge in [0.2, 0.25) is 0 Å². The highest BCUT2D eigenvalue weighted by molar-refractivity contribution is 6.08. The summed E-state index contributed by atoms with van der Waals surface area (Å²) in [6.45, 7) is 5.19. The summed E-state index contributed by atoms with van der Waals surface area (Å²) in [5.74, 6) is 1.32. The van der Waals surface area contributed by atoms with Gasteiger partial charge in [0.15, 0.2) is 0 Å². The molecule has 2 unspecified atom stereocenters. The van der Waals surface area contributed by atoms with Crippen molar-refractivity contribution in [3.8, 4) is 17.2 Å². The van der Waals surface area contributed by atoms with Crippen LogP contribution in [-0.4, -0.2) is 57.1 Å². The van der Waals surface area contributed by atoms with Gasteiger partial charge in [-0.15, -0.1) is 0 Å². The van der Waals surface area contributed by atoms with E-state index in [4.69, 9.17) is 23.7 Å². The molecule has 0 spiro atoms. The van der Waals surface area contributed by atoms with Crippen LogP contribution in [0.15, 0.2) is 97.1 Å². The van der Waals surface area contributed by atoms with Gasteiger partial charge in [-0.2, -0.15) is 0 Å². The van der Waals surface area contributed by atoms with Crippen molar-refractivity contribution >= 4 is 39.1 Å². The van der Waals surface area contributed by atoms with Crippen LogP contribution in [0.2, 0.25) is 0 Å². The van der Waals surface area contributed by atoms with Crippen LogP contribution >= 0.6 is 0 Å². The van der Waals surface area contributed by atoms with E-state index in [0.29, 0.717) is 42.3 Å². The van der Waals surface area contributed by atoms with Gasteiger partial charge in [0.05, 0.1) is 18.8 Å². The minimum Gasteiger partial charge on any atom is -0.491 e. The van der Waals surface area contributed by atoms with E-state index in [-0.39, 0.29) is 18.1 Å². The molecule has 0 radical (unpaired) electrons. The monoisotopic (exact) mass is 617 g/mol. The first kappa shape index (κ1) is 29.8. The lowest BCUT2D eigenvalue weighted by molar-refractivity contribution is 0.0735. The van der Waals surface area contributed by atoms with Gasteiger partial charge in [-0.3, -0.25) is 4.79 Å². The van der Waals surface area contributed by atoms with E-state index in [1.54, 1.807) is 29.2 Å². The first-order valence-electron chi connectivity index (χ1n) is 15.7. The summed E-state index contributed by atoms with van der Waals surface area (Å²) in [7, 11) is 0. The number of ether oxygens (including phenoxy) is 5. The molecule has 2 atom stereocenters. The number of unbranched alkanes of at least 4 members (excludes halogenated alkanes) is 1. The molecule has 0 N–H and O–H groups in total. The fraction of sp³-hybridized carbons (Fsp3) is 0.263. The second-order valence-electron chi connectivity index (χ2n) is 11.7. The highest BCUT2D eigenvalue weighted by Crippen LogP contribution is 2.28. The summed E-state index contributed by atoms with van der Waals surface area (Å²) in [5.41, 5.74) is 1.68. The predicted molar refractivity (Wildman–Crippen MR) is 176 cm³/mol. The fourth-order valence-electron chi connectivity index (χ4n) is 5.29. The molecule has 2 aliphatic heterocycles. The van der Waals surface area contributed by atoms with Crippen LogP contribution in [0, 0.1) is 0 Å². The van der Waals surface area contributed by atoms with Crippen molar-refractivity contribution in [3.63, 3.8) is 0 Å². The average molecular weight is 618 g/mol. The molecule has 5 aromatic rings. The fourth-order valence-corrected chi connectivity index (χ4v) is 5.29. The summed E-state index contributed by atoms with van der Waals surface area (Å²) in [6.07, 6.45) is 2.12. The molecule has 2 aliphatic rings. The standard InChI is InChI=1S/C38H35NO7/c1-2-3-15-39(37(40)29-9-7-27-18-32(13-11-25(27)16-29)42-21-35-23-44-35)31-5-4-6-34(20-31)46-38(41)30-10-8-28-19-33(14-12-26(28)17-30)43-22-36-24-45-36/h4-14,16-20,35-36H,2-3,15,21-24H2,1H3. The van der Waals surface area contributed by atoms with Crippen molar-refractivity contribution in [2.24, 2.45) is 0 Å². The van der Waals surface area contributed by atoms with Crippen molar-refractivity contribution in [2.45, 2.75) is 32.0 Å². The number of anilines is 1. The van der Waals surface area contributed by atoms with E-state index in [1.165, 1.54) is 0 Å². The SMILES string of the molecule is CCCCN(C(=O)c1ccc2cc(OCC3CO3)ccc2c1)c1cccc(OC(=O)c2ccc3cc(OCC4CO4)ccc3c2)c1. The van der Waals surface area contributed by atoms with Crippen LogP contribution in [-0.2, 0) is 9.47 Å². The molecular formula is C38H35NO7. The highest BCUT2D eigenvalue weighted by Gasteiger charge is 2.24. The van der Waals surface area contributed by atoms with Crippen LogP contribution in [0.25, 0.3) is 21.5 Å². The maximum Gasteiger partial charge on any atom is 0.343 e. The Balaban J connectivity index is 1.06. The molecule has 2 fully saturated rings. The van der Waals surface area contributed by atoms with Gasteiger partial charge in [-0.1, -0.05) is 43.7 Å². The van der Waals surface area contributed by atoms with Crippen molar-refractivity contribution < 1.29 is 33.3 Å². The third-order valence-electron chi connectivity index (χ3n) is 8.10. The van der Waals surface area contributed by atoms with Gasteiger partial charge in [-0.05, 0) is 88.6 Å². The summed E-state index contributed by atoms with van der Waals surface area (Å²) in [5, 5.41) is 3.81. The zero-order chi connectivity index (χ0) is 31.5. The van der Waals surface area contributed by atoms with Crippen molar-refractivity contribution in [1.29, 1.82) is 0 Å². The van der Waals surface area contributed by atoms with E-state index in [1.807, 2.05) is 72.8 Å².